The van der Waals surface area contributed by atoms with Gasteiger partial charge >= 0.3 is 18.3 Å². The second kappa shape index (κ2) is 25.1. The van der Waals surface area contributed by atoms with E-state index >= 15 is 0 Å². The van der Waals surface area contributed by atoms with Crippen molar-refractivity contribution in [3.05, 3.63) is 131 Å². The Morgan fingerprint density at radius 3 is 1.45 bits per heavy atom. The Kier molecular flexibility index (Phi) is 17.8. The second-order valence-corrected chi connectivity index (χ2v) is 25.4. The molecule has 22 heteroatoms. The number of likely N-dealkylation sites (N-methyl/N-ethyl adjacent to an activating group) is 2. The molecule has 0 spiro atoms. The molecule has 0 bridgehead atoms. The van der Waals surface area contributed by atoms with Crippen LogP contribution in [0.1, 0.15) is 75.8 Å². The van der Waals surface area contributed by atoms with Crippen molar-refractivity contribution in [1.29, 1.82) is 0 Å². The summed E-state index contributed by atoms with van der Waals surface area (Å²) in [5.41, 5.74) is 10.2. The molecule has 6 aliphatic heterocycles. The predicted octanol–water partition coefficient (Wildman–Crippen LogP) is 12.8. The number of carbonyl (C=O) groups is 5. The normalized spacial score (nSPS) is 18.1. The summed E-state index contributed by atoms with van der Waals surface area (Å²) in [4.78, 5) is 87.5. The molecule has 3 N–H and O–H groups in total. The highest BCUT2D eigenvalue weighted by Gasteiger charge is 2.39. The minimum absolute atomic E-state index is 0. The van der Waals surface area contributed by atoms with Gasteiger partial charge in [-0.05, 0) is 117 Å². The van der Waals surface area contributed by atoms with Gasteiger partial charge in [0, 0.05) is 151 Å². The predicted molar refractivity (Wildman–Crippen MR) is 361 cm³/mol. The van der Waals surface area contributed by atoms with E-state index in [2.05, 4.69) is 76.1 Å². The fourth-order valence-electron chi connectivity index (χ4n) is 13.1. The monoisotopic (exact) mass is 1430 g/mol. The first-order valence-corrected chi connectivity index (χ1v) is 31.5. The van der Waals surface area contributed by atoms with Gasteiger partial charge in [-0.2, -0.15) is 0 Å². The maximum absolute atomic E-state index is 14.3. The quantitative estimate of drug-likeness (QED) is 0.135. The Hall–Kier alpha value is -6.69. The number of H-pyrrole nitrogens is 2. The number of aromatic amines is 2. The van der Waals surface area contributed by atoms with Crippen molar-refractivity contribution in [2.24, 2.45) is 0 Å². The van der Waals surface area contributed by atoms with E-state index in [9.17, 15) is 24.0 Å². The topological polar surface area (TPSA) is 179 Å². The number of hydrogen-bond acceptors (Lipinski definition) is 11. The smallest absolute Gasteiger partial charge is 0.415 e. The zero-order chi connectivity index (χ0) is 59.0. The Morgan fingerprint density at radius 2 is 0.977 bits per heavy atom. The maximum atomic E-state index is 14.3. The summed E-state index contributed by atoms with van der Waals surface area (Å²) >= 11 is 7.39. The third-order valence-electron chi connectivity index (χ3n) is 17.5. The highest BCUT2D eigenvalue weighted by Crippen LogP contribution is 2.49. The molecule has 18 nitrogen and oxygen atoms in total. The third-order valence-corrected chi connectivity index (χ3v) is 19.0. The Balaban J connectivity index is 0.000000178. The molecule has 6 aliphatic rings. The Bertz CT molecular complexity index is 4020. The van der Waals surface area contributed by atoms with E-state index in [0.717, 1.165) is 127 Å². The number of anilines is 4. The number of rotatable bonds is 6. The average Bonchev–Trinajstić information content (AvgIpc) is 1.71. The Labute approximate surface area is 542 Å². The van der Waals surface area contributed by atoms with Gasteiger partial charge in [-0.15, -0.1) is 34.0 Å². The number of halogens is 4. The highest BCUT2D eigenvalue weighted by molar-refractivity contribution is 9.09. The molecule has 14 rings (SSSR count). The number of ether oxygens (including phenoxy) is 3. The van der Waals surface area contributed by atoms with Gasteiger partial charge in [0.2, 0.25) is 0 Å². The summed E-state index contributed by atoms with van der Waals surface area (Å²) in [5, 5.41) is 10.5. The van der Waals surface area contributed by atoms with Gasteiger partial charge in [0.05, 0.1) is 17.1 Å². The van der Waals surface area contributed by atoms with E-state index in [1.165, 1.54) is 5.56 Å². The highest BCUT2D eigenvalue weighted by atomic mass is 79.9. The summed E-state index contributed by atoms with van der Waals surface area (Å²) in [6, 6.07) is 31.5. The van der Waals surface area contributed by atoms with Gasteiger partial charge in [0.1, 0.15) is 28.5 Å². The van der Waals surface area contributed by atoms with Crippen LogP contribution in [0, 0.1) is 0 Å². The molecule has 8 aromatic rings. The molecule has 0 unspecified atom stereocenters. The minimum atomic E-state index is -0.593. The molecule has 2 fully saturated rings. The van der Waals surface area contributed by atoms with Gasteiger partial charge in [0.15, 0.2) is 0 Å². The standard InChI is InChI=1S/C35H38BrN5O5.C30H30BrN5O3.2BrH/c1-35(2,3)46-34(44)40-12-11-22-25-17-27(37-26(25)9-10-28(22)40)32(42)41-20-21(19-36)31-24-8-6-5-7-23(24)30(18-29(31)41)45-33(43)39-15-13-38(4)14-16-39;1-34-10-12-35(13-11-34)30(38)39-27-15-26-28(21-5-3-2-4-20(21)27)18(16-31)17-36(26)29(37)25-14-22-19-8-9-32-23(19)6-7-24(22)33-25;;/h5-10,17-18,21,37H,11-16,19-20H2,1-4H3;2-7,14-15,18,32-33H,8-13,16-17H2,1H3;2*1H/t21-;18-;;/m11../s1. The molecule has 5 amide bonds. The summed E-state index contributed by atoms with van der Waals surface area (Å²) in [6.07, 6.45) is 0.520. The molecular formula is C65H70Br4N10O8. The van der Waals surface area contributed by atoms with Crippen molar-refractivity contribution < 1.29 is 38.2 Å². The fourth-order valence-corrected chi connectivity index (χ4v) is 14.1. The maximum Gasteiger partial charge on any atom is 0.415 e. The van der Waals surface area contributed by atoms with E-state index in [0.29, 0.717) is 80.5 Å². The number of alkyl halides is 2. The lowest BCUT2D eigenvalue weighted by atomic mass is 9.95. The average molecular weight is 1440 g/mol. The van der Waals surface area contributed by atoms with Gasteiger partial charge in [-0.25, -0.2) is 14.4 Å². The van der Waals surface area contributed by atoms with E-state index < -0.39 is 5.60 Å². The van der Waals surface area contributed by atoms with Crippen LogP contribution in [0.3, 0.4) is 0 Å². The lowest BCUT2D eigenvalue weighted by Crippen LogP contribution is -2.48. The molecule has 2 atom stereocenters. The SMILES string of the molecule is Br.Br.CN1CCN(C(=O)Oc2cc3c(c4ccccc24)[C@H](CBr)CN3C(=O)c2cc3c4c(ccc3[nH]2)N(C(=O)OC(C)(C)C)CC4)CC1.CN1CCN(C(=O)Oc2cc3c(c4ccccc24)[C@H](CBr)CN3C(=O)c2cc3c4c(ccc3[nH]2)NCC4)CC1. The molecule has 0 radical (unpaired) electrons. The molecule has 456 valence electrons. The minimum Gasteiger partial charge on any atom is -0.443 e. The van der Waals surface area contributed by atoms with Crippen molar-refractivity contribution in [2.75, 3.05) is 123 Å². The third kappa shape index (κ3) is 11.7. The molecule has 2 saturated heterocycles. The first-order valence-electron chi connectivity index (χ1n) is 29.2. The van der Waals surface area contributed by atoms with Crippen LogP contribution in [0.4, 0.5) is 37.1 Å². The van der Waals surface area contributed by atoms with Crippen LogP contribution in [0.15, 0.2) is 97.1 Å². The lowest BCUT2D eigenvalue weighted by molar-refractivity contribution is 0.0583. The van der Waals surface area contributed by atoms with Crippen LogP contribution in [-0.4, -0.2) is 169 Å². The van der Waals surface area contributed by atoms with Gasteiger partial charge in [-0.3, -0.25) is 14.5 Å². The van der Waals surface area contributed by atoms with Crippen molar-refractivity contribution in [2.45, 2.75) is 51.0 Å². The van der Waals surface area contributed by atoms with Crippen LogP contribution in [0.2, 0.25) is 0 Å². The first kappa shape index (κ1) is 61.9. The van der Waals surface area contributed by atoms with Crippen molar-refractivity contribution in [1.82, 2.24) is 29.6 Å². The van der Waals surface area contributed by atoms with Gasteiger partial charge < -0.3 is 58.9 Å². The van der Waals surface area contributed by atoms with E-state index in [1.807, 2.05) is 118 Å². The van der Waals surface area contributed by atoms with Crippen LogP contribution >= 0.6 is 65.8 Å². The Morgan fingerprint density at radius 1 is 0.517 bits per heavy atom. The van der Waals surface area contributed by atoms with Gasteiger partial charge in [0.25, 0.3) is 11.8 Å². The number of fused-ring (bicyclic) bond motifs is 12. The molecule has 0 saturated carbocycles. The fraction of sp³-hybridized carbons (Fsp3) is 0.369. The molecule has 87 heavy (non-hydrogen) atoms. The molecule has 8 heterocycles. The zero-order valence-electron chi connectivity index (χ0n) is 49.2. The number of aromatic nitrogens is 2. The number of benzene rings is 6. The van der Waals surface area contributed by atoms with Crippen LogP contribution < -0.4 is 29.5 Å². The van der Waals surface area contributed by atoms with E-state index in [1.54, 1.807) is 19.6 Å². The lowest BCUT2D eigenvalue weighted by Gasteiger charge is -2.31. The second-order valence-electron chi connectivity index (χ2n) is 24.1. The number of amides is 5. The summed E-state index contributed by atoms with van der Waals surface area (Å²) in [6.45, 7) is 13.7. The first-order chi connectivity index (χ1) is 41.0. The largest absolute Gasteiger partial charge is 0.443 e. The number of piperazine rings is 2. The number of nitrogens with one attached hydrogen (secondary N) is 3. The van der Waals surface area contributed by atoms with Gasteiger partial charge in [-0.1, -0.05) is 80.4 Å². The van der Waals surface area contributed by atoms with Crippen LogP contribution in [0.5, 0.6) is 11.5 Å². The van der Waals surface area contributed by atoms with Crippen LogP contribution in [0.25, 0.3) is 43.4 Å². The van der Waals surface area contributed by atoms with Crippen LogP contribution in [-0.2, 0) is 17.6 Å². The van der Waals surface area contributed by atoms with Crippen molar-refractivity contribution in [3.8, 4) is 11.5 Å². The summed E-state index contributed by atoms with van der Waals surface area (Å²) < 4.78 is 17.7. The van der Waals surface area contributed by atoms with Crippen molar-refractivity contribution >= 4 is 162 Å². The molecule has 0 aliphatic carbocycles. The summed E-state index contributed by atoms with van der Waals surface area (Å²) in [7, 11) is 4.10. The number of nitrogens with zero attached hydrogens (tertiary/aromatic N) is 7. The molecule has 6 aromatic carbocycles. The van der Waals surface area contributed by atoms with E-state index in [4.69, 9.17) is 14.2 Å². The number of hydrogen-bond donors (Lipinski definition) is 3. The summed E-state index contributed by atoms with van der Waals surface area (Å²) in [5.74, 6) is 0.867. The van der Waals surface area contributed by atoms with Crippen molar-refractivity contribution in [3.63, 3.8) is 0 Å². The van der Waals surface area contributed by atoms with E-state index in [-0.39, 0.29) is 75.9 Å². The molecule has 2 aromatic heterocycles. The molecular weight excluding hydrogens is 1370 g/mol. The number of carbonyl (C=O) groups excluding carboxylic acids is 5. The zero-order valence-corrected chi connectivity index (χ0v) is 55.8.